The van der Waals surface area contributed by atoms with Crippen LogP contribution in [0.2, 0.25) is 0 Å². The van der Waals surface area contributed by atoms with E-state index < -0.39 is 23.9 Å². The molecule has 0 bridgehead atoms. The van der Waals surface area contributed by atoms with Crippen LogP contribution in [-0.4, -0.2) is 34.1 Å². The summed E-state index contributed by atoms with van der Waals surface area (Å²) in [6, 6.07) is -1.18. The van der Waals surface area contributed by atoms with Gasteiger partial charge in [-0.25, -0.2) is 4.79 Å². The maximum Gasteiger partial charge on any atom is 0.326 e. The van der Waals surface area contributed by atoms with E-state index in [9.17, 15) is 14.4 Å². The molecule has 0 aliphatic rings. The van der Waals surface area contributed by atoms with E-state index in [0.717, 1.165) is 6.08 Å². The van der Waals surface area contributed by atoms with Crippen LogP contribution in [0.4, 0.5) is 0 Å². The molecule has 0 spiro atoms. The highest BCUT2D eigenvalue weighted by Crippen LogP contribution is 1.97. The molecule has 0 fully saturated rings. The highest BCUT2D eigenvalue weighted by Gasteiger charge is 2.19. The third-order valence-electron chi connectivity index (χ3n) is 1.45. The first-order valence-corrected chi connectivity index (χ1v) is 3.85. The minimum Gasteiger partial charge on any atom is -0.481 e. The first kappa shape index (κ1) is 12.2. The number of hydrogen-bond acceptors (Lipinski definition) is 3. The van der Waals surface area contributed by atoms with Gasteiger partial charge < -0.3 is 15.5 Å². The fraction of sp³-hybridized carbons (Fsp3) is 0.375. The van der Waals surface area contributed by atoms with Gasteiger partial charge in [-0.3, -0.25) is 9.59 Å². The predicted molar refractivity (Wildman–Crippen MR) is 46.6 cm³/mol. The van der Waals surface area contributed by atoms with Gasteiger partial charge in [0.1, 0.15) is 6.04 Å². The summed E-state index contributed by atoms with van der Waals surface area (Å²) >= 11 is 0. The first-order valence-electron chi connectivity index (χ1n) is 3.85. The quantitative estimate of drug-likeness (QED) is 0.507. The molecule has 0 aromatic rings. The number of nitrogens with one attached hydrogen (secondary N) is 1. The molecule has 0 saturated heterocycles. The molecule has 0 aromatic heterocycles. The second kappa shape index (κ2) is 5.74. The largest absolute Gasteiger partial charge is 0.481 e. The fourth-order valence-electron chi connectivity index (χ4n) is 0.756. The molecule has 3 N–H and O–H groups in total. The molecule has 0 unspecified atom stereocenters. The molecule has 0 heterocycles. The highest BCUT2D eigenvalue weighted by atomic mass is 16.4. The summed E-state index contributed by atoms with van der Waals surface area (Å²) in [6.07, 6.45) is 0.468. The van der Waals surface area contributed by atoms with Crippen LogP contribution < -0.4 is 5.32 Å². The van der Waals surface area contributed by atoms with Crippen molar-refractivity contribution in [3.05, 3.63) is 12.7 Å². The van der Waals surface area contributed by atoms with Crippen LogP contribution in [0.1, 0.15) is 12.8 Å². The zero-order valence-electron chi connectivity index (χ0n) is 7.40. The van der Waals surface area contributed by atoms with Gasteiger partial charge in [-0.1, -0.05) is 6.58 Å². The van der Waals surface area contributed by atoms with Crippen LogP contribution in [0.3, 0.4) is 0 Å². The summed E-state index contributed by atoms with van der Waals surface area (Å²) in [5.74, 6) is -3.01. The van der Waals surface area contributed by atoms with Crippen molar-refractivity contribution in [3.63, 3.8) is 0 Å². The number of carboxylic acid groups (broad SMARTS) is 2. The Hall–Kier alpha value is -1.85. The van der Waals surface area contributed by atoms with Crippen LogP contribution in [0.25, 0.3) is 0 Å². The highest BCUT2D eigenvalue weighted by molar-refractivity contribution is 5.90. The first-order chi connectivity index (χ1) is 6.47. The third kappa shape index (κ3) is 4.91. The van der Waals surface area contributed by atoms with E-state index >= 15 is 0 Å². The van der Waals surface area contributed by atoms with Gasteiger partial charge in [0.05, 0.1) is 0 Å². The van der Waals surface area contributed by atoms with Crippen molar-refractivity contribution in [1.29, 1.82) is 0 Å². The molecule has 6 heteroatoms. The van der Waals surface area contributed by atoms with Crippen LogP contribution in [0.15, 0.2) is 12.7 Å². The van der Waals surface area contributed by atoms with E-state index in [0.29, 0.717) is 0 Å². The van der Waals surface area contributed by atoms with E-state index in [-0.39, 0.29) is 12.8 Å². The second-order valence-electron chi connectivity index (χ2n) is 2.54. The monoisotopic (exact) mass is 201 g/mol. The normalized spacial score (nSPS) is 11.4. The Bertz CT molecular complexity index is 260. The van der Waals surface area contributed by atoms with E-state index in [1.165, 1.54) is 0 Å². The van der Waals surface area contributed by atoms with Crippen LogP contribution in [0.5, 0.6) is 0 Å². The molecular weight excluding hydrogens is 190 g/mol. The summed E-state index contributed by atoms with van der Waals surface area (Å²) in [6.45, 7) is 3.15. The maximum absolute atomic E-state index is 10.7. The molecular formula is C8H11NO5. The Labute approximate surface area is 80.2 Å². The SMILES string of the molecule is C=CC(=O)N[C@@H](CCC(=O)O)C(=O)O. The summed E-state index contributed by atoms with van der Waals surface area (Å²) in [5, 5.41) is 19.0. The Morgan fingerprint density at radius 3 is 2.29 bits per heavy atom. The van der Waals surface area contributed by atoms with Gasteiger partial charge in [-0.15, -0.1) is 0 Å². The number of hydrogen-bond donors (Lipinski definition) is 3. The van der Waals surface area contributed by atoms with Gasteiger partial charge in [-0.2, -0.15) is 0 Å². The average molecular weight is 201 g/mol. The standard InChI is InChI=1S/C8H11NO5/c1-2-6(10)9-5(8(13)14)3-4-7(11)12/h2,5H,1,3-4H2,(H,9,10)(H,11,12)(H,13,14)/t5-/m0/s1. The zero-order valence-corrected chi connectivity index (χ0v) is 7.40. The van der Waals surface area contributed by atoms with E-state index in [1.54, 1.807) is 0 Å². The lowest BCUT2D eigenvalue weighted by atomic mass is 10.1. The van der Waals surface area contributed by atoms with Crippen LogP contribution in [0, 0.1) is 0 Å². The average Bonchev–Trinajstić information content (AvgIpc) is 2.10. The number of carbonyl (C=O) groups excluding carboxylic acids is 1. The zero-order chi connectivity index (χ0) is 11.1. The maximum atomic E-state index is 10.7. The van der Waals surface area contributed by atoms with Gasteiger partial charge in [0.2, 0.25) is 5.91 Å². The van der Waals surface area contributed by atoms with Crippen molar-refractivity contribution in [2.24, 2.45) is 0 Å². The number of amides is 1. The minimum absolute atomic E-state index is 0.149. The number of rotatable bonds is 6. The molecule has 1 amide bonds. The Morgan fingerprint density at radius 2 is 1.93 bits per heavy atom. The molecule has 0 aromatic carbocycles. The second-order valence-corrected chi connectivity index (χ2v) is 2.54. The molecule has 0 aliphatic carbocycles. The summed E-state index contributed by atoms with van der Waals surface area (Å²) in [7, 11) is 0. The Kier molecular flexibility index (Phi) is 4.98. The summed E-state index contributed by atoms with van der Waals surface area (Å²) in [4.78, 5) is 31.4. The molecule has 14 heavy (non-hydrogen) atoms. The lowest BCUT2D eigenvalue weighted by molar-refractivity contribution is -0.142. The van der Waals surface area contributed by atoms with Gasteiger partial charge in [0.15, 0.2) is 0 Å². The van der Waals surface area contributed by atoms with Gasteiger partial charge in [0.25, 0.3) is 0 Å². The van der Waals surface area contributed by atoms with E-state index in [2.05, 4.69) is 11.9 Å². The molecule has 0 rings (SSSR count). The van der Waals surface area contributed by atoms with Crippen molar-refractivity contribution in [3.8, 4) is 0 Å². The van der Waals surface area contributed by atoms with Crippen LogP contribution >= 0.6 is 0 Å². The smallest absolute Gasteiger partial charge is 0.326 e. The molecule has 1 atom stereocenters. The molecule has 6 nitrogen and oxygen atoms in total. The van der Waals surface area contributed by atoms with Crippen LogP contribution in [-0.2, 0) is 14.4 Å². The fourth-order valence-corrected chi connectivity index (χ4v) is 0.756. The van der Waals surface area contributed by atoms with Crippen molar-refractivity contribution in [1.82, 2.24) is 5.32 Å². The summed E-state index contributed by atoms with van der Waals surface area (Å²) < 4.78 is 0. The minimum atomic E-state index is -1.26. The number of aliphatic carboxylic acids is 2. The van der Waals surface area contributed by atoms with Crippen molar-refractivity contribution >= 4 is 17.8 Å². The number of carboxylic acids is 2. The van der Waals surface area contributed by atoms with Crippen molar-refractivity contribution in [2.45, 2.75) is 18.9 Å². The Morgan fingerprint density at radius 1 is 1.36 bits per heavy atom. The van der Waals surface area contributed by atoms with Crippen molar-refractivity contribution in [2.75, 3.05) is 0 Å². The van der Waals surface area contributed by atoms with Gasteiger partial charge >= 0.3 is 11.9 Å². The molecule has 78 valence electrons. The third-order valence-corrected chi connectivity index (χ3v) is 1.45. The van der Waals surface area contributed by atoms with Gasteiger partial charge in [0, 0.05) is 6.42 Å². The molecule has 0 saturated carbocycles. The van der Waals surface area contributed by atoms with Crippen molar-refractivity contribution < 1.29 is 24.6 Å². The van der Waals surface area contributed by atoms with Gasteiger partial charge in [-0.05, 0) is 12.5 Å². The number of carbonyl (C=O) groups is 3. The topological polar surface area (TPSA) is 104 Å². The van der Waals surface area contributed by atoms with E-state index in [1.807, 2.05) is 0 Å². The molecule has 0 aliphatic heterocycles. The lowest BCUT2D eigenvalue weighted by Gasteiger charge is -2.11. The predicted octanol–water partition coefficient (Wildman–Crippen LogP) is -0.393. The summed E-state index contributed by atoms with van der Waals surface area (Å²) in [5.41, 5.74) is 0. The lowest BCUT2D eigenvalue weighted by Crippen LogP contribution is -2.40. The van der Waals surface area contributed by atoms with E-state index in [4.69, 9.17) is 10.2 Å². The molecule has 0 radical (unpaired) electrons. The Balaban J connectivity index is 4.15.